The van der Waals surface area contributed by atoms with E-state index in [4.69, 9.17) is 4.42 Å². The lowest BCUT2D eigenvalue weighted by Crippen LogP contribution is -2.13. The molecule has 1 aromatic heterocycles. The number of para-hydroxylation sites is 1. The van der Waals surface area contributed by atoms with Crippen molar-refractivity contribution in [3.05, 3.63) is 94.8 Å². The van der Waals surface area contributed by atoms with Gasteiger partial charge in [0.1, 0.15) is 5.58 Å². The fourth-order valence-electron chi connectivity index (χ4n) is 3.14. The highest BCUT2D eigenvalue weighted by Crippen LogP contribution is 2.23. The van der Waals surface area contributed by atoms with Crippen molar-refractivity contribution in [1.82, 2.24) is 0 Å². The average molecular weight is 384 g/mol. The molecule has 0 fully saturated rings. The lowest BCUT2D eigenvalue weighted by atomic mass is 10.0. The van der Waals surface area contributed by atoms with E-state index < -0.39 is 5.63 Å². The maximum atomic E-state index is 12.7. The third-order valence-electron chi connectivity index (χ3n) is 4.72. The van der Waals surface area contributed by atoms with Gasteiger partial charge in [-0.2, -0.15) is 0 Å². The second kappa shape index (κ2) is 7.64. The van der Waals surface area contributed by atoms with Crippen LogP contribution in [0, 0.1) is 0 Å². The van der Waals surface area contributed by atoms with Gasteiger partial charge < -0.3 is 14.6 Å². The van der Waals surface area contributed by atoms with E-state index in [2.05, 4.69) is 5.32 Å². The summed E-state index contributed by atoms with van der Waals surface area (Å²) in [6, 6.07) is 23.7. The fourth-order valence-corrected chi connectivity index (χ4v) is 3.14. The number of nitrogens with one attached hydrogen (secondary N) is 1. The Labute approximate surface area is 168 Å². The molecule has 0 aliphatic carbocycles. The summed E-state index contributed by atoms with van der Waals surface area (Å²) in [5.41, 5.74) is 3.39. The molecule has 0 saturated heterocycles. The Morgan fingerprint density at radius 2 is 1.66 bits per heavy atom. The zero-order chi connectivity index (χ0) is 20.4. The molecule has 0 radical (unpaired) electrons. The van der Waals surface area contributed by atoms with Crippen LogP contribution in [0.25, 0.3) is 22.1 Å². The van der Waals surface area contributed by atoms with Crippen molar-refractivity contribution in [1.29, 1.82) is 0 Å². The summed E-state index contributed by atoms with van der Waals surface area (Å²) in [4.78, 5) is 27.1. The van der Waals surface area contributed by atoms with Crippen LogP contribution in [0.15, 0.2) is 88.1 Å². The summed E-state index contributed by atoms with van der Waals surface area (Å²) in [6.45, 7) is 0. The topological polar surface area (TPSA) is 62.6 Å². The van der Waals surface area contributed by atoms with Gasteiger partial charge in [-0.15, -0.1) is 0 Å². The molecule has 0 saturated carbocycles. The molecule has 0 unspecified atom stereocenters. The van der Waals surface area contributed by atoms with Gasteiger partial charge in [-0.25, -0.2) is 4.79 Å². The van der Waals surface area contributed by atoms with Crippen LogP contribution >= 0.6 is 0 Å². The van der Waals surface area contributed by atoms with E-state index >= 15 is 0 Å². The minimum absolute atomic E-state index is 0.241. The first-order valence-corrected chi connectivity index (χ1v) is 9.23. The Morgan fingerprint density at radius 1 is 0.897 bits per heavy atom. The lowest BCUT2D eigenvalue weighted by molar-refractivity contribution is 0.102. The van der Waals surface area contributed by atoms with Gasteiger partial charge in [0.15, 0.2) is 0 Å². The molecule has 3 aromatic carbocycles. The molecule has 0 bridgehead atoms. The van der Waals surface area contributed by atoms with Gasteiger partial charge in [-0.1, -0.05) is 30.3 Å². The van der Waals surface area contributed by atoms with Gasteiger partial charge in [-0.05, 0) is 54.1 Å². The van der Waals surface area contributed by atoms with Crippen molar-refractivity contribution in [2.45, 2.75) is 0 Å². The Kier molecular flexibility index (Phi) is 4.87. The normalized spacial score (nSPS) is 10.7. The minimum Gasteiger partial charge on any atom is -0.422 e. The number of carbonyl (C=O) groups is 1. The quantitative estimate of drug-likeness (QED) is 0.515. The van der Waals surface area contributed by atoms with Gasteiger partial charge in [-0.3, -0.25) is 4.79 Å². The van der Waals surface area contributed by atoms with Crippen LogP contribution in [-0.2, 0) is 0 Å². The van der Waals surface area contributed by atoms with E-state index in [1.54, 1.807) is 36.4 Å². The lowest BCUT2D eigenvalue weighted by Gasteiger charge is -2.13. The first-order chi connectivity index (χ1) is 14.0. The van der Waals surface area contributed by atoms with Crippen LogP contribution in [0.4, 0.5) is 11.4 Å². The van der Waals surface area contributed by atoms with Crippen LogP contribution < -0.4 is 15.8 Å². The number of fused-ring (bicyclic) bond motifs is 1. The minimum atomic E-state index is -0.430. The number of nitrogens with zero attached hydrogens (tertiary/aromatic N) is 1. The van der Waals surface area contributed by atoms with Crippen molar-refractivity contribution in [2.24, 2.45) is 0 Å². The highest BCUT2D eigenvalue weighted by Gasteiger charge is 2.12. The SMILES string of the molecule is CN(C)c1ccc(NC(=O)c2cccc(-c3cc4ccccc4oc3=O)c2)cc1. The van der Waals surface area contributed by atoms with E-state index in [0.717, 1.165) is 11.1 Å². The standard InChI is InChI=1S/C24H20N2O3/c1-26(2)20-12-10-19(11-13-20)25-23(27)18-8-5-7-16(14-18)21-15-17-6-3-4-9-22(17)29-24(21)28/h3-15H,1-2H3,(H,25,27). The monoisotopic (exact) mass is 384 g/mol. The molecule has 4 rings (SSSR count). The largest absolute Gasteiger partial charge is 0.422 e. The van der Waals surface area contributed by atoms with Crippen molar-refractivity contribution in [3.63, 3.8) is 0 Å². The Morgan fingerprint density at radius 3 is 2.41 bits per heavy atom. The van der Waals surface area contributed by atoms with Crippen molar-refractivity contribution < 1.29 is 9.21 Å². The second-order valence-electron chi connectivity index (χ2n) is 6.96. The number of benzene rings is 3. The summed E-state index contributed by atoms with van der Waals surface area (Å²) in [6.07, 6.45) is 0. The predicted molar refractivity (Wildman–Crippen MR) is 117 cm³/mol. The Bertz CT molecular complexity index is 1240. The third kappa shape index (κ3) is 3.89. The molecular weight excluding hydrogens is 364 g/mol. The Balaban J connectivity index is 1.62. The molecule has 29 heavy (non-hydrogen) atoms. The van der Waals surface area contributed by atoms with E-state index in [-0.39, 0.29) is 5.91 Å². The van der Waals surface area contributed by atoms with E-state index in [1.165, 1.54) is 0 Å². The van der Waals surface area contributed by atoms with Gasteiger partial charge in [0.05, 0.1) is 5.56 Å². The zero-order valence-corrected chi connectivity index (χ0v) is 16.2. The molecule has 1 amide bonds. The number of carbonyl (C=O) groups excluding carboxylic acids is 1. The first-order valence-electron chi connectivity index (χ1n) is 9.23. The predicted octanol–water partition coefficient (Wildman–Crippen LogP) is 4.78. The first kappa shape index (κ1) is 18.5. The Hall–Kier alpha value is -3.86. The van der Waals surface area contributed by atoms with Gasteiger partial charge >= 0.3 is 5.63 Å². The maximum Gasteiger partial charge on any atom is 0.344 e. The number of hydrogen-bond donors (Lipinski definition) is 1. The average Bonchev–Trinajstić information content (AvgIpc) is 2.73. The van der Waals surface area contributed by atoms with E-state index in [1.807, 2.05) is 61.5 Å². The molecule has 5 heteroatoms. The number of amides is 1. The molecule has 0 aliphatic rings. The van der Waals surface area contributed by atoms with Crippen LogP contribution in [0.2, 0.25) is 0 Å². The number of rotatable bonds is 4. The second-order valence-corrected chi connectivity index (χ2v) is 6.96. The molecule has 0 aliphatic heterocycles. The van der Waals surface area contributed by atoms with Gasteiger partial charge in [0.2, 0.25) is 0 Å². The molecule has 1 N–H and O–H groups in total. The fraction of sp³-hybridized carbons (Fsp3) is 0.0833. The molecule has 5 nitrogen and oxygen atoms in total. The molecule has 0 spiro atoms. The molecule has 144 valence electrons. The smallest absolute Gasteiger partial charge is 0.344 e. The van der Waals surface area contributed by atoms with Gasteiger partial charge in [0, 0.05) is 36.4 Å². The van der Waals surface area contributed by atoms with Crippen LogP contribution in [-0.4, -0.2) is 20.0 Å². The highest BCUT2D eigenvalue weighted by atomic mass is 16.4. The van der Waals surface area contributed by atoms with Crippen LogP contribution in [0.5, 0.6) is 0 Å². The highest BCUT2D eigenvalue weighted by molar-refractivity contribution is 6.05. The third-order valence-corrected chi connectivity index (χ3v) is 4.72. The molecule has 0 atom stereocenters. The molecular formula is C24H20N2O3. The van der Waals surface area contributed by atoms with Gasteiger partial charge in [0.25, 0.3) is 5.91 Å². The number of anilines is 2. The number of hydrogen-bond acceptors (Lipinski definition) is 4. The van der Waals surface area contributed by atoms with Crippen molar-refractivity contribution in [3.8, 4) is 11.1 Å². The summed E-state index contributed by atoms with van der Waals surface area (Å²) in [5, 5.41) is 3.72. The van der Waals surface area contributed by atoms with Crippen molar-refractivity contribution in [2.75, 3.05) is 24.3 Å². The molecule has 1 heterocycles. The zero-order valence-electron chi connectivity index (χ0n) is 16.2. The summed E-state index contributed by atoms with van der Waals surface area (Å²) < 4.78 is 5.41. The summed E-state index contributed by atoms with van der Waals surface area (Å²) in [7, 11) is 3.92. The van der Waals surface area contributed by atoms with E-state index in [0.29, 0.717) is 28.0 Å². The van der Waals surface area contributed by atoms with E-state index in [9.17, 15) is 9.59 Å². The van der Waals surface area contributed by atoms with Crippen LogP contribution in [0.1, 0.15) is 10.4 Å². The summed E-state index contributed by atoms with van der Waals surface area (Å²) >= 11 is 0. The molecule has 4 aromatic rings. The summed E-state index contributed by atoms with van der Waals surface area (Å²) in [5.74, 6) is -0.241. The van der Waals surface area contributed by atoms with Crippen molar-refractivity contribution >= 4 is 28.3 Å². The maximum absolute atomic E-state index is 12.7. The van der Waals surface area contributed by atoms with Crippen LogP contribution in [0.3, 0.4) is 0 Å².